The molecule has 2 aromatic carbocycles. The molecule has 0 fully saturated rings. The average Bonchev–Trinajstić information content (AvgIpc) is 2.55. The smallest absolute Gasteiger partial charge is 0.227 e. The first kappa shape index (κ1) is 15.3. The number of aryl methyl sites for hydroxylation is 1. The summed E-state index contributed by atoms with van der Waals surface area (Å²) < 4.78 is 0. The van der Waals surface area contributed by atoms with Gasteiger partial charge < -0.3 is 10.6 Å². The van der Waals surface area contributed by atoms with Gasteiger partial charge in [-0.15, -0.1) is 0 Å². The Hall–Kier alpha value is -2.62. The van der Waals surface area contributed by atoms with Crippen molar-refractivity contribution in [3.8, 4) is 0 Å². The highest BCUT2D eigenvalue weighted by atomic mass is 16.2. The third-order valence-electron chi connectivity index (χ3n) is 4.17. The van der Waals surface area contributed by atoms with Gasteiger partial charge in [0.25, 0.3) is 0 Å². The molecule has 0 unspecified atom stereocenters. The molecule has 2 amide bonds. The highest BCUT2D eigenvalue weighted by Crippen LogP contribution is 2.27. The van der Waals surface area contributed by atoms with E-state index in [4.69, 9.17) is 0 Å². The predicted octanol–water partition coefficient (Wildman–Crippen LogP) is 3.52. The maximum Gasteiger partial charge on any atom is 0.227 e. The number of nitrogens with one attached hydrogen (secondary N) is 2. The van der Waals surface area contributed by atoms with E-state index < -0.39 is 0 Å². The predicted molar refractivity (Wildman–Crippen MR) is 91.3 cm³/mol. The van der Waals surface area contributed by atoms with Crippen molar-refractivity contribution < 1.29 is 9.59 Å². The summed E-state index contributed by atoms with van der Waals surface area (Å²) in [6.07, 6.45) is 1.59. The van der Waals surface area contributed by atoms with Crippen molar-refractivity contribution >= 4 is 23.2 Å². The molecule has 0 spiro atoms. The first-order valence-corrected chi connectivity index (χ1v) is 7.87. The number of carbonyl (C=O) groups excluding carboxylic acids is 2. The van der Waals surface area contributed by atoms with Gasteiger partial charge in [0.1, 0.15) is 0 Å². The van der Waals surface area contributed by atoms with Gasteiger partial charge in [0.15, 0.2) is 0 Å². The minimum atomic E-state index is -0.145. The zero-order chi connectivity index (χ0) is 16.2. The quantitative estimate of drug-likeness (QED) is 0.908. The van der Waals surface area contributed by atoms with Gasteiger partial charge in [-0.2, -0.15) is 0 Å². The molecule has 23 heavy (non-hydrogen) atoms. The lowest BCUT2D eigenvalue weighted by Gasteiger charge is -2.24. The van der Waals surface area contributed by atoms with Gasteiger partial charge in [0.05, 0.1) is 0 Å². The fourth-order valence-electron chi connectivity index (χ4n) is 2.81. The number of rotatable bonds is 4. The Morgan fingerprint density at radius 2 is 1.91 bits per heavy atom. The number of benzene rings is 2. The monoisotopic (exact) mass is 308 g/mol. The second-order valence-electron chi connectivity index (χ2n) is 6.00. The summed E-state index contributed by atoms with van der Waals surface area (Å²) in [5.41, 5.74) is 3.97. The third-order valence-corrected chi connectivity index (χ3v) is 4.17. The Morgan fingerprint density at radius 1 is 1.17 bits per heavy atom. The molecule has 0 saturated carbocycles. The van der Waals surface area contributed by atoms with Crippen molar-refractivity contribution in [1.29, 1.82) is 0 Å². The van der Waals surface area contributed by atoms with Crippen LogP contribution in [0.2, 0.25) is 0 Å². The van der Waals surface area contributed by atoms with E-state index in [0.717, 1.165) is 22.5 Å². The van der Waals surface area contributed by atoms with Crippen LogP contribution in [0.25, 0.3) is 0 Å². The van der Waals surface area contributed by atoms with Gasteiger partial charge in [-0.25, -0.2) is 0 Å². The van der Waals surface area contributed by atoms with Crippen LogP contribution in [0.1, 0.15) is 24.0 Å². The van der Waals surface area contributed by atoms with Crippen molar-refractivity contribution in [2.45, 2.75) is 26.2 Å². The number of para-hydroxylation sites is 1. The molecular weight excluding hydrogens is 288 g/mol. The van der Waals surface area contributed by atoms with Crippen molar-refractivity contribution in [2.24, 2.45) is 5.92 Å². The molecule has 1 aliphatic heterocycles. The zero-order valence-corrected chi connectivity index (χ0v) is 13.1. The summed E-state index contributed by atoms with van der Waals surface area (Å²) in [5.74, 6) is -0.194. The fraction of sp³-hybridized carbons (Fsp3) is 0.263. The first-order chi connectivity index (χ1) is 11.1. The van der Waals surface area contributed by atoms with E-state index in [9.17, 15) is 9.59 Å². The molecule has 3 rings (SSSR count). The number of carbonyl (C=O) groups is 2. The molecule has 1 aliphatic rings. The van der Waals surface area contributed by atoms with E-state index in [1.807, 2.05) is 55.5 Å². The molecule has 1 heterocycles. The minimum Gasteiger partial charge on any atom is -0.326 e. The average molecular weight is 308 g/mol. The number of hydrogen-bond donors (Lipinski definition) is 2. The molecule has 0 aromatic heterocycles. The van der Waals surface area contributed by atoms with Crippen LogP contribution in [-0.4, -0.2) is 11.8 Å². The fourth-order valence-corrected chi connectivity index (χ4v) is 2.81. The van der Waals surface area contributed by atoms with Crippen molar-refractivity contribution in [2.75, 3.05) is 10.6 Å². The minimum absolute atomic E-state index is 0.00633. The Kier molecular flexibility index (Phi) is 4.42. The van der Waals surface area contributed by atoms with Gasteiger partial charge in [-0.05, 0) is 43.5 Å². The number of fused-ring (bicyclic) bond motifs is 1. The number of hydrogen-bond acceptors (Lipinski definition) is 2. The highest BCUT2D eigenvalue weighted by Gasteiger charge is 2.26. The Bertz CT molecular complexity index is 722. The normalized spacial score (nSPS) is 16.4. The third kappa shape index (κ3) is 3.77. The summed E-state index contributed by atoms with van der Waals surface area (Å²) in [7, 11) is 0. The summed E-state index contributed by atoms with van der Waals surface area (Å²) >= 11 is 0. The summed E-state index contributed by atoms with van der Waals surface area (Å²) in [6, 6.07) is 15.5. The molecule has 4 nitrogen and oxygen atoms in total. The first-order valence-electron chi connectivity index (χ1n) is 7.87. The van der Waals surface area contributed by atoms with Gasteiger partial charge in [0.2, 0.25) is 11.8 Å². The van der Waals surface area contributed by atoms with Crippen LogP contribution in [0, 0.1) is 12.8 Å². The van der Waals surface area contributed by atoms with Gasteiger partial charge in [-0.3, -0.25) is 9.59 Å². The van der Waals surface area contributed by atoms with E-state index in [0.29, 0.717) is 19.3 Å². The Balaban J connectivity index is 1.55. The molecule has 2 aromatic rings. The van der Waals surface area contributed by atoms with Crippen molar-refractivity contribution in [3.05, 3.63) is 59.7 Å². The van der Waals surface area contributed by atoms with Crippen LogP contribution >= 0.6 is 0 Å². The molecule has 0 saturated heterocycles. The molecule has 2 N–H and O–H groups in total. The van der Waals surface area contributed by atoms with Gasteiger partial charge in [-0.1, -0.05) is 35.9 Å². The van der Waals surface area contributed by atoms with Crippen LogP contribution in [0.3, 0.4) is 0 Å². The van der Waals surface area contributed by atoms with Crippen LogP contribution in [0.15, 0.2) is 48.5 Å². The van der Waals surface area contributed by atoms with Gasteiger partial charge in [0, 0.05) is 23.7 Å². The lowest BCUT2D eigenvalue weighted by Crippen LogP contribution is -2.30. The molecule has 1 atom stereocenters. The van der Waals surface area contributed by atoms with Crippen LogP contribution in [0.5, 0.6) is 0 Å². The Labute approximate surface area is 135 Å². The molecular formula is C19H20N2O2. The van der Waals surface area contributed by atoms with Crippen molar-refractivity contribution in [3.63, 3.8) is 0 Å². The second-order valence-corrected chi connectivity index (χ2v) is 6.00. The van der Waals surface area contributed by atoms with E-state index in [1.54, 1.807) is 0 Å². The zero-order valence-electron chi connectivity index (χ0n) is 13.1. The van der Waals surface area contributed by atoms with Crippen LogP contribution in [-0.2, 0) is 16.0 Å². The maximum atomic E-state index is 12.1. The topological polar surface area (TPSA) is 58.2 Å². The second kappa shape index (κ2) is 6.65. The lowest BCUT2D eigenvalue weighted by atomic mass is 9.89. The SMILES string of the molecule is Cc1ccc(NC(=O)CC[C@@H]2Cc3ccccc3NC2=O)cc1. The largest absolute Gasteiger partial charge is 0.326 e. The maximum absolute atomic E-state index is 12.1. The molecule has 0 radical (unpaired) electrons. The molecule has 0 aliphatic carbocycles. The van der Waals surface area contributed by atoms with E-state index >= 15 is 0 Å². The van der Waals surface area contributed by atoms with E-state index in [2.05, 4.69) is 10.6 Å². The number of amides is 2. The van der Waals surface area contributed by atoms with Crippen LogP contribution < -0.4 is 10.6 Å². The summed E-state index contributed by atoms with van der Waals surface area (Å²) in [5, 5.41) is 5.79. The van der Waals surface area contributed by atoms with E-state index in [1.165, 1.54) is 0 Å². The standard InChI is InChI=1S/C19H20N2O2/c1-13-6-9-16(10-7-13)20-18(22)11-8-15-12-14-4-2-3-5-17(14)21-19(15)23/h2-7,9-10,15H,8,11-12H2,1H3,(H,20,22)(H,21,23)/t15-/m1/s1. The lowest BCUT2D eigenvalue weighted by molar-refractivity contribution is -0.121. The Morgan fingerprint density at radius 3 is 2.70 bits per heavy atom. The van der Waals surface area contributed by atoms with Gasteiger partial charge >= 0.3 is 0 Å². The molecule has 4 heteroatoms. The molecule has 0 bridgehead atoms. The summed E-state index contributed by atoms with van der Waals surface area (Å²) in [6.45, 7) is 2.01. The highest BCUT2D eigenvalue weighted by molar-refractivity contribution is 5.96. The molecule has 118 valence electrons. The van der Waals surface area contributed by atoms with E-state index in [-0.39, 0.29) is 17.7 Å². The number of anilines is 2. The van der Waals surface area contributed by atoms with Crippen LogP contribution in [0.4, 0.5) is 11.4 Å². The summed E-state index contributed by atoms with van der Waals surface area (Å²) in [4.78, 5) is 24.2. The van der Waals surface area contributed by atoms with Crippen molar-refractivity contribution in [1.82, 2.24) is 0 Å².